The molecule has 2 rings (SSSR count). The van der Waals surface area contributed by atoms with Crippen molar-refractivity contribution in [2.45, 2.75) is 13.3 Å². The van der Waals surface area contributed by atoms with E-state index in [4.69, 9.17) is 0 Å². The summed E-state index contributed by atoms with van der Waals surface area (Å²) in [5.41, 5.74) is 3.25. The number of aryl methyl sites for hydroxylation is 1. The fourth-order valence-electron chi connectivity index (χ4n) is 2.14. The first-order valence-corrected chi connectivity index (χ1v) is 5.98. The maximum Gasteiger partial charge on any atom is 0.352 e. The van der Waals surface area contributed by atoms with Crippen molar-refractivity contribution in [2.75, 3.05) is 20.6 Å². The van der Waals surface area contributed by atoms with Crippen LogP contribution in [0.1, 0.15) is 21.6 Å². The SMILES string of the molecule is Cc1ccc2[nH]c(C(=O)O)c(CCN(C)C)c2c1. The lowest BCUT2D eigenvalue weighted by Crippen LogP contribution is -2.16. The molecule has 0 spiro atoms. The minimum atomic E-state index is -0.891. The van der Waals surface area contributed by atoms with Crippen molar-refractivity contribution >= 4 is 16.9 Å². The lowest BCUT2D eigenvalue weighted by atomic mass is 10.1. The van der Waals surface area contributed by atoms with Crippen LogP contribution in [0.15, 0.2) is 18.2 Å². The number of nitrogens with one attached hydrogen (secondary N) is 1. The van der Waals surface area contributed by atoms with Gasteiger partial charge < -0.3 is 15.0 Å². The number of likely N-dealkylation sites (N-methyl/N-ethyl adjacent to an activating group) is 1. The molecule has 4 heteroatoms. The molecule has 0 aliphatic rings. The lowest BCUT2D eigenvalue weighted by Gasteiger charge is -2.09. The number of benzene rings is 1. The smallest absolute Gasteiger partial charge is 0.352 e. The first-order chi connectivity index (χ1) is 8.49. The van der Waals surface area contributed by atoms with Gasteiger partial charge in [-0.05, 0) is 45.1 Å². The normalized spacial score (nSPS) is 11.3. The Labute approximate surface area is 106 Å². The van der Waals surface area contributed by atoms with E-state index in [-0.39, 0.29) is 0 Å². The Bertz CT molecular complexity index is 585. The summed E-state index contributed by atoms with van der Waals surface area (Å²) in [4.78, 5) is 16.3. The quantitative estimate of drug-likeness (QED) is 0.870. The Morgan fingerprint density at radius 3 is 2.72 bits per heavy atom. The Hall–Kier alpha value is -1.81. The minimum absolute atomic E-state index is 0.317. The molecule has 0 saturated heterocycles. The Morgan fingerprint density at radius 1 is 1.39 bits per heavy atom. The first-order valence-electron chi connectivity index (χ1n) is 5.98. The van der Waals surface area contributed by atoms with Crippen LogP contribution in [0.25, 0.3) is 10.9 Å². The summed E-state index contributed by atoms with van der Waals surface area (Å²) in [6, 6.07) is 5.97. The Morgan fingerprint density at radius 2 is 2.11 bits per heavy atom. The van der Waals surface area contributed by atoms with Crippen molar-refractivity contribution in [3.8, 4) is 0 Å². The van der Waals surface area contributed by atoms with Gasteiger partial charge in [-0.2, -0.15) is 0 Å². The van der Waals surface area contributed by atoms with Crippen LogP contribution in [0.4, 0.5) is 0 Å². The number of nitrogens with zero attached hydrogens (tertiary/aromatic N) is 1. The number of carboxylic acids is 1. The second kappa shape index (κ2) is 4.82. The van der Waals surface area contributed by atoms with E-state index in [0.717, 1.165) is 35.0 Å². The molecule has 18 heavy (non-hydrogen) atoms. The van der Waals surface area contributed by atoms with Crippen LogP contribution in [0.3, 0.4) is 0 Å². The van der Waals surface area contributed by atoms with Gasteiger partial charge in [0.25, 0.3) is 0 Å². The van der Waals surface area contributed by atoms with E-state index < -0.39 is 5.97 Å². The van der Waals surface area contributed by atoms with E-state index >= 15 is 0 Å². The third-order valence-electron chi connectivity index (χ3n) is 3.08. The maximum absolute atomic E-state index is 11.3. The van der Waals surface area contributed by atoms with E-state index in [9.17, 15) is 9.90 Å². The van der Waals surface area contributed by atoms with Crippen LogP contribution in [0, 0.1) is 6.92 Å². The number of carboxylic acid groups (broad SMARTS) is 1. The predicted octanol–water partition coefficient (Wildman–Crippen LogP) is 2.28. The molecule has 1 aromatic heterocycles. The molecule has 0 atom stereocenters. The van der Waals surface area contributed by atoms with Gasteiger partial charge in [-0.3, -0.25) is 0 Å². The van der Waals surface area contributed by atoms with Gasteiger partial charge in [0.1, 0.15) is 5.69 Å². The number of H-pyrrole nitrogens is 1. The van der Waals surface area contributed by atoms with Crippen LogP contribution in [-0.2, 0) is 6.42 Å². The van der Waals surface area contributed by atoms with E-state index in [1.165, 1.54) is 0 Å². The van der Waals surface area contributed by atoms with Gasteiger partial charge in [0.05, 0.1) is 0 Å². The molecule has 0 fully saturated rings. The van der Waals surface area contributed by atoms with Gasteiger partial charge in [0, 0.05) is 17.4 Å². The Kier molecular flexibility index (Phi) is 3.39. The van der Waals surface area contributed by atoms with E-state index in [1.807, 2.05) is 39.2 Å². The van der Waals surface area contributed by atoms with Crippen LogP contribution in [0.2, 0.25) is 0 Å². The molecule has 4 nitrogen and oxygen atoms in total. The fourth-order valence-corrected chi connectivity index (χ4v) is 2.14. The molecule has 0 amide bonds. The Balaban J connectivity index is 2.53. The average Bonchev–Trinajstić information content (AvgIpc) is 2.64. The predicted molar refractivity (Wildman–Crippen MR) is 72.3 cm³/mol. The molecule has 0 unspecified atom stereocenters. The fraction of sp³-hybridized carbons (Fsp3) is 0.357. The number of aromatic amines is 1. The highest BCUT2D eigenvalue weighted by molar-refractivity contribution is 5.97. The van der Waals surface area contributed by atoms with E-state index in [1.54, 1.807) is 0 Å². The highest BCUT2D eigenvalue weighted by Crippen LogP contribution is 2.24. The molecule has 0 saturated carbocycles. The van der Waals surface area contributed by atoms with Gasteiger partial charge in [0.2, 0.25) is 0 Å². The molecule has 0 aliphatic carbocycles. The van der Waals surface area contributed by atoms with Crippen LogP contribution >= 0.6 is 0 Å². The summed E-state index contributed by atoms with van der Waals surface area (Å²) in [5.74, 6) is -0.891. The van der Waals surface area contributed by atoms with Gasteiger partial charge in [-0.15, -0.1) is 0 Å². The number of rotatable bonds is 4. The number of aromatic nitrogens is 1. The highest BCUT2D eigenvalue weighted by Gasteiger charge is 2.16. The number of aromatic carboxylic acids is 1. The summed E-state index contributed by atoms with van der Waals surface area (Å²) < 4.78 is 0. The average molecular weight is 246 g/mol. The summed E-state index contributed by atoms with van der Waals surface area (Å²) in [7, 11) is 3.97. The third-order valence-corrected chi connectivity index (χ3v) is 3.08. The largest absolute Gasteiger partial charge is 0.477 e. The van der Waals surface area contributed by atoms with Gasteiger partial charge in [0.15, 0.2) is 0 Å². The van der Waals surface area contributed by atoms with Crippen molar-refractivity contribution in [1.82, 2.24) is 9.88 Å². The van der Waals surface area contributed by atoms with Crippen molar-refractivity contribution in [3.63, 3.8) is 0 Å². The van der Waals surface area contributed by atoms with Crippen LogP contribution < -0.4 is 0 Å². The molecular weight excluding hydrogens is 228 g/mol. The summed E-state index contributed by atoms with van der Waals surface area (Å²) in [6.07, 6.45) is 0.734. The second-order valence-electron chi connectivity index (χ2n) is 4.89. The van der Waals surface area contributed by atoms with Crippen molar-refractivity contribution in [1.29, 1.82) is 0 Å². The summed E-state index contributed by atoms with van der Waals surface area (Å²) >= 11 is 0. The first kappa shape index (κ1) is 12.6. The molecule has 0 aliphatic heterocycles. The minimum Gasteiger partial charge on any atom is -0.477 e. The van der Waals surface area contributed by atoms with Gasteiger partial charge in [-0.1, -0.05) is 11.6 Å². The molecule has 2 aromatic rings. The molecule has 0 radical (unpaired) electrons. The molecule has 2 N–H and O–H groups in total. The zero-order valence-corrected chi connectivity index (χ0v) is 10.9. The van der Waals surface area contributed by atoms with Crippen LogP contribution in [0.5, 0.6) is 0 Å². The van der Waals surface area contributed by atoms with Crippen LogP contribution in [-0.4, -0.2) is 41.6 Å². The zero-order valence-electron chi connectivity index (χ0n) is 10.9. The van der Waals surface area contributed by atoms with E-state index in [0.29, 0.717) is 5.69 Å². The lowest BCUT2D eigenvalue weighted by molar-refractivity contribution is 0.0690. The number of hydrogen-bond acceptors (Lipinski definition) is 2. The summed E-state index contributed by atoms with van der Waals surface area (Å²) in [6.45, 7) is 2.85. The van der Waals surface area contributed by atoms with Crippen molar-refractivity contribution in [2.24, 2.45) is 0 Å². The second-order valence-corrected chi connectivity index (χ2v) is 4.89. The number of carbonyl (C=O) groups is 1. The molecule has 0 bridgehead atoms. The molecule has 1 aromatic carbocycles. The topological polar surface area (TPSA) is 56.3 Å². The van der Waals surface area contributed by atoms with Gasteiger partial charge >= 0.3 is 5.97 Å². The molecule has 96 valence electrons. The zero-order chi connectivity index (χ0) is 13.3. The highest BCUT2D eigenvalue weighted by atomic mass is 16.4. The maximum atomic E-state index is 11.3. The third kappa shape index (κ3) is 2.38. The standard InChI is InChI=1S/C14H18N2O2/c1-9-4-5-12-11(8-9)10(6-7-16(2)3)13(15-12)14(17)18/h4-5,8,15H,6-7H2,1-3H3,(H,17,18). The number of fused-ring (bicyclic) bond motifs is 1. The van der Waals surface area contributed by atoms with Crippen molar-refractivity contribution in [3.05, 3.63) is 35.0 Å². The van der Waals surface area contributed by atoms with E-state index in [2.05, 4.69) is 9.88 Å². The van der Waals surface area contributed by atoms with Crippen molar-refractivity contribution < 1.29 is 9.90 Å². The molecular formula is C14H18N2O2. The number of hydrogen-bond donors (Lipinski definition) is 2. The molecule has 1 heterocycles. The van der Waals surface area contributed by atoms with Gasteiger partial charge in [-0.25, -0.2) is 4.79 Å². The monoisotopic (exact) mass is 246 g/mol. The summed E-state index contributed by atoms with van der Waals surface area (Å²) in [5, 5.41) is 10.3.